The Hall–Kier alpha value is -2.07. The normalized spacial score (nSPS) is 10.6. The summed E-state index contributed by atoms with van der Waals surface area (Å²) in [6.07, 6.45) is 2.06. The van der Waals surface area contributed by atoms with Crippen molar-refractivity contribution in [3.05, 3.63) is 47.2 Å². The highest BCUT2D eigenvalue weighted by Crippen LogP contribution is 2.25. The van der Waals surface area contributed by atoms with Crippen LogP contribution >= 0.6 is 0 Å². The average Bonchev–Trinajstić information content (AvgIpc) is 2.73. The van der Waals surface area contributed by atoms with Crippen molar-refractivity contribution in [3.63, 3.8) is 0 Å². The Bertz CT molecular complexity index is 621. The maximum absolute atomic E-state index is 11.2. The quantitative estimate of drug-likeness (QED) is 0.639. The van der Waals surface area contributed by atoms with Crippen molar-refractivity contribution < 1.29 is 14.3 Å². The van der Waals surface area contributed by atoms with Crippen LogP contribution in [-0.2, 0) is 6.54 Å². The minimum atomic E-state index is -1.03. The number of furan rings is 1. The molecule has 1 heterocycles. The molecule has 2 aromatic rings. The SMILES string of the molecule is CC(C)=CCNCc1c(C(=O)O)oc2ccccc12. The van der Waals surface area contributed by atoms with E-state index in [1.54, 1.807) is 6.07 Å². The van der Waals surface area contributed by atoms with Crippen molar-refractivity contribution in [3.8, 4) is 0 Å². The summed E-state index contributed by atoms with van der Waals surface area (Å²) < 4.78 is 5.38. The molecule has 0 aliphatic heterocycles. The molecule has 0 saturated heterocycles. The average molecular weight is 259 g/mol. The number of carboxylic acids is 1. The van der Waals surface area contributed by atoms with Gasteiger partial charge in [0.1, 0.15) is 5.58 Å². The Morgan fingerprint density at radius 3 is 2.79 bits per heavy atom. The lowest BCUT2D eigenvalue weighted by Crippen LogP contribution is -2.15. The molecule has 0 spiro atoms. The summed E-state index contributed by atoms with van der Waals surface area (Å²) in [6.45, 7) is 5.23. The van der Waals surface area contributed by atoms with Gasteiger partial charge in [-0.2, -0.15) is 0 Å². The van der Waals surface area contributed by atoms with Crippen LogP contribution in [0.5, 0.6) is 0 Å². The first-order chi connectivity index (χ1) is 9.09. The Morgan fingerprint density at radius 1 is 1.37 bits per heavy atom. The van der Waals surface area contributed by atoms with Crippen LogP contribution in [0.25, 0.3) is 11.0 Å². The summed E-state index contributed by atoms with van der Waals surface area (Å²) in [5.74, 6) is -1.01. The largest absolute Gasteiger partial charge is 0.475 e. The first-order valence-corrected chi connectivity index (χ1v) is 6.17. The molecule has 0 unspecified atom stereocenters. The molecule has 0 fully saturated rings. The zero-order valence-corrected chi connectivity index (χ0v) is 11.1. The van der Waals surface area contributed by atoms with Crippen LogP contribution in [-0.4, -0.2) is 17.6 Å². The topological polar surface area (TPSA) is 62.5 Å². The molecule has 0 aliphatic rings. The lowest BCUT2D eigenvalue weighted by atomic mass is 10.1. The van der Waals surface area contributed by atoms with E-state index in [4.69, 9.17) is 4.42 Å². The van der Waals surface area contributed by atoms with Crippen molar-refractivity contribution in [1.29, 1.82) is 0 Å². The van der Waals surface area contributed by atoms with Gasteiger partial charge < -0.3 is 14.8 Å². The van der Waals surface area contributed by atoms with E-state index in [-0.39, 0.29) is 5.76 Å². The molecule has 0 bridgehead atoms. The second-order valence-corrected chi connectivity index (χ2v) is 4.62. The molecule has 2 rings (SSSR count). The minimum absolute atomic E-state index is 0.0194. The number of hydrogen-bond donors (Lipinski definition) is 2. The van der Waals surface area contributed by atoms with Crippen LogP contribution in [0.2, 0.25) is 0 Å². The maximum atomic E-state index is 11.2. The number of rotatable bonds is 5. The fourth-order valence-corrected chi connectivity index (χ4v) is 1.92. The van der Waals surface area contributed by atoms with Gasteiger partial charge in [-0.05, 0) is 19.9 Å². The van der Waals surface area contributed by atoms with Crippen LogP contribution in [0.4, 0.5) is 0 Å². The molecule has 19 heavy (non-hydrogen) atoms. The van der Waals surface area contributed by atoms with Gasteiger partial charge in [0.25, 0.3) is 0 Å². The van der Waals surface area contributed by atoms with E-state index >= 15 is 0 Å². The number of hydrogen-bond acceptors (Lipinski definition) is 3. The predicted octanol–water partition coefficient (Wildman–Crippen LogP) is 3.19. The number of benzene rings is 1. The number of para-hydroxylation sites is 1. The zero-order valence-electron chi connectivity index (χ0n) is 11.1. The maximum Gasteiger partial charge on any atom is 0.372 e. The van der Waals surface area contributed by atoms with Crippen LogP contribution in [0, 0.1) is 0 Å². The van der Waals surface area contributed by atoms with Crippen molar-refractivity contribution in [2.75, 3.05) is 6.54 Å². The molecule has 0 radical (unpaired) electrons. The van der Waals surface area contributed by atoms with Crippen LogP contribution in [0.1, 0.15) is 30.0 Å². The van der Waals surface area contributed by atoms with Gasteiger partial charge in [-0.25, -0.2) is 4.79 Å². The second kappa shape index (κ2) is 5.71. The van der Waals surface area contributed by atoms with Crippen LogP contribution < -0.4 is 5.32 Å². The fourth-order valence-electron chi connectivity index (χ4n) is 1.92. The summed E-state index contributed by atoms with van der Waals surface area (Å²) in [5.41, 5.74) is 2.53. The lowest BCUT2D eigenvalue weighted by Gasteiger charge is -2.02. The molecule has 1 aromatic carbocycles. The van der Waals surface area contributed by atoms with Gasteiger partial charge >= 0.3 is 5.97 Å². The van der Waals surface area contributed by atoms with Crippen molar-refractivity contribution >= 4 is 16.9 Å². The second-order valence-electron chi connectivity index (χ2n) is 4.62. The van der Waals surface area contributed by atoms with Crippen molar-refractivity contribution in [2.45, 2.75) is 20.4 Å². The van der Waals surface area contributed by atoms with E-state index in [9.17, 15) is 9.90 Å². The zero-order chi connectivity index (χ0) is 13.8. The van der Waals surface area contributed by atoms with E-state index in [1.165, 1.54) is 5.57 Å². The van der Waals surface area contributed by atoms with Crippen molar-refractivity contribution in [2.24, 2.45) is 0 Å². The van der Waals surface area contributed by atoms with Crippen molar-refractivity contribution in [1.82, 2.24) is 5.32 Å². The standard InChI is InChI=1S/C15H17NO3/c1-10(2)7-8-16-9-12-11-5-3-4-6-13(11)19-14(12)15(17)18/h3-7,16H,8-9H2,1-2H3,(H,17,18). The molecule has 1 aromatic heterocycles. The molecule has 4 heteroatoms. The highest BCUT2D eigenvalue weighted by Gasteiger charge is 2.18. The molecule has 0 saturated carbocycles. The van der Waals surface area contributed by atoms with Gasteiger partial charge in [0, 0.05) is 24.0 Å². The first-order valence-electron chi connectivity index (χ1n) is 6.17. The number of fused-ring (bicyclic) bond motifs is 1. The number of allylic oxidation sites excluding steroid dienone is 1. The third kappa shape index (κ3) is 3.03. The van der Waals surface area contributed by atoms with E-state index in [1.807, 2.05) is 32.0 Å². The minimum Gasteiger partial charge on any atom is -0.475 e. The number of nitrogens with one attached hydrogen (secondary N) is 1. The summed E-state index contributed by atoms with van der Waals surface area (Å²) in [6, 6.07) is 7.37. The Morgan fingerprint density at radius 2 is 2.11 bits per heavy atom. The Kier molecular flexibility index (Phi) is 4.02. The third-order valence-electron chi connectivity index (χ3n) is 2.85. The Balaban J connectivity index is 2.27. The molecular weight excluding hydrogens is 242 g/mol. The van der Waals surface area contributed by atoms with Gasteiger partial charge in [0.05, 0.1) is 0 Å². The summed E-state index contributed by atoms with van der Waals surface area (Å²) >= 11 is 0. The van der Waals surface area contributed by atoms with Gasteiger partial charge in [-0.15, -0.1) is 0 Å². The van der Waals surface area contributed by atoms with Crippen LogP contribution in [0.15, 0.2) is 40.3 Å². The smallest absolute Gasteiger partial charge is 0.372 e. The molecule has 2 N–H and O–H groups in total. The molecule has 0 amide bonds. The fraction of sp³-hybridized carbons (Fsp3) is 0.267. The lowest BCUT2D eigenvalue weighted by molar-refractivity contribution is 0.0663. The molecule has 100 valence electrons. The van der Waals surface area contributed by atoms with E-state index in [0.717, 1.165) is 5.39 Å². The van der Waals surface area contributed by atoms with Crippen LogP contribution in [0.3, 0.4) is 0 Å². The van der Waals surface area contributed by atoms with Gasteiger partial charge in [0.2, 0.25) is 5.76 Å². The van der Waals surface area contributed by atoms with Gasteiger partial charge in [0.15, 0.2) is 0 Å². The number of aromatic carboxylic acids is 1. The monoisotopic (exact) mass is 259 g/mol. The Labute approximate surface area is 111 Å². The predicted molar refractivity (Wildman–Crippen MR) is 74.3 cm³/mol. The highest BCUT2D eigenvalue weighted by molar-refractivity contribution is 5.95. The van der Waals surface area contributed by atoms with E-state index in [2.05, 4.69) is 11.4 Å². The summed E-state index contributed by atoms with van der Waals surface area (Å²) in [5, 5.41) is 13.2. The molecule has 0 atom stereocenters. The van der Waals surface area contributed by atoms with Gasteiger partial charge in [-0.3, -0.25) is 0 Å². The molecular formula is C15H17NO3. The highest BCUT2D eigenvalue weighted by atomic mass is 16.4. The number of carbonyl (C=O) groups is 1. The third-order valence-corrected chi connectivity index (χ3v) is 2.85. The van der Waals surface area contributed by atoms with E-state index in [0.29, 0.717) is 24.2 Å². The summed E-state index contributed by atoms with van der Waals surface area (Å²) in [7, 11) is 0. The molecule has 4 nitrogen and oxygen atoms in total. The number of carboxylic acid groups (broad SMARTS) is 1. The molecule has 0 aliphatic carbocycles. The first kappa shape index (κ1) is 13.4. The van der Waals surface area contributed by atoms with Gasteiger partial charge in [-0.1, -0.05) is 29.8 Å². The van der Waals surface area contributed by atoms with E-state index < -0.39 is 5.97 Å². The summed E-state index contributed by atoms with van der Waals surface area (Å²) in [4.78, 5) is 11.2.